The van der Waals surface area contributed by atoms with Crippen molar-refractivity contribution < 1.29 is 5.11 Å². The fourth-order valence-corrected chi connectivity index (χ4v) is 2.16. The highest BCUT2D eigenvalue weighted by Gasteiger charge is 2.18. The average Bonchev–Trinajstić information content (AvgIpc) is 2.41. The predicted molar refractivity (Wildman–Crippen MR) is 77.2 cm³/mol. The molecule has 0 aromatic heterocycles. The van der Waals surface area contributed by atoms with Crippen molar-refractivity contribution in [3.63, 3.8) is 0 Å². The second-order valence-electron chi connectivity index (χ2n) is 4.39. The van der Waals surface area contributed by atoms with Gasteiger partial charge in [-0.25, -0.2) is 0 Å². The number of aliphatic hydroxyl groups is 1. The second kappa shape index (κ2) is 5.65. The fourth-order valence-electron chi connectivity index (χ4n) is 1.92. The van der Waals surface area contributed by atoms with Gasteiger partial charge in [-0.2, -0.15) is 0 Å². The third-order valence-corrected chi connectivity index (χ3v) is 3.94. The summed E-state index contributed by atoms with van der Waals surface area (Å²) >= 11 is 3.45. The van der Waals surface area contributed by atoms with Gasteiger partial charge >= 0.3 is 0 Å². The number of hydrogen-bond acceptors (Lipinski definition) is 2. The molecule has 0 aliphatic heterocycles. The Labute approximate surface area is 116 Å². The second-order valence-corrected chi connectivity index (χ2v) is 5.24. The van der Waals surface area contributed by atoms with Gasteiger partial charge in [0.05, 0.1) is 12.1 Å². The van der Waals surface area contributed by atoms with Gasteiger partial charge in [-0.1, -0.05) is 58.4 Å². The molecule has 2 aromatic carbocycles. The van der Waals surface area contributed by atoms with Crippen molar-refractivity contribution in [1.82, 2.24) is 0 Å². The summed E-state index contributed by atoms with van der Waals surface area (Å²) in [4.78, 5) is 0. The van der Waals surface area contributed by atoms with Gasteiger partial charge in [-0.3, -0.25) is 0 Å². The molecule has 0 saturated carbocycles. The van der Waals surface area contributed by atoms with Crippen molar-refractivity contribution >= 4 is 15.9 Å². The highest BCUT2D eigenvalue weighted by molar-refractivity contribution is 9.10. The minimum atomic E-state index is -0.695. The summed E-state index contributed by atoms with van der Waals surface area (Å²) in [7, 11) is 0. The Balaban J connectivity index is 2.25. The van der Waals surface area contributed by atoms with Crippen molar-refractivity contribution in [2.75, 3.05) is 0 Å². The van der Waals surface area contributed by atoms with Gasteiger partial charge in [0.1, 0.15) is 0 Å². The van der Waals surface area contributed by atoms with Crippen LogP contribution in [-0.2, 0) is 0 Å². The highest BCUT2D eigenvalue weighted by atomic mass is 79.9. The summed E-state index contributed by atoms with van der Waals surface area (Å²) in [6.45, 7) is 1.99. The van der Waals surface area contributed by atoms with E-state index < -0.39 is 12.1 Å². The lowest BCUT2D eigenvalue weighted by atomic mass is 9.96. The van der Waals surface area contributed by atoms with Gasteiger partial charge in [-0.05, 0) is 29.7 Å². The van der Waals surface area contributed by atoms with Crippen LogP contribution in [0, 0.1) is 6.92 Å². The Kier molecular flexibility index (Phi) is 4.17. The molecule has 0 fully saturated rings. The van der Waals surface area contributed by atoms with Gasteiger partial charge in [-0.15, -0.1) is 0 Å². The largest absolute Gasteiger partial charge is 0.386 e. The molecule has 0 spiro atoms. The Bertz CT molecular complexity index is 527. The summed E-state index contributed by atoms with van der Waals surface area (Å²) in [5.74, 6) is 0. The first-order valence-corrected chi connectivity index (χ1v) is 6.63. The Morgan fingerprint density at radius 2 is 1.72 bits per heavy atom. The Morgan fingerprint density at radius 3 is 2.33 bits per heavy atom. The number of aryl methyl sites for hydroxylation is 1. The third kappa shape index (κ3) is 2.80. The monoisotopic (exact) mass is 305 g/mol. The summed E-state index contributed by atoms with van der Waals surface area (Å²) in [6, 6.07) is 15.0. The van der Waals surface area contributed by atoms with Crippen LogP contribution in [0.5, 0.6) is 0 Å². The van der Waals surface area contributed by atoms with Crippen LogP contribution in [0.3, 0.4) is 0 Å². The van der Waals surface area contributed by atoms with Crippen molar-refractivity contribution in [3.8, 4) is 0 Å². The van der Waals surface area contributed by atoms with Crippen LogP contribution >= 0.6 is 15.9 Å². The molecule has 94 valence electrons. The van der Waals surface area contributed by atoms with Gasteiger partial charge in [0.25, 0.3) is 0 Å². The minimum absolute atomic E-state index is 0.410. The molecule has 0 saturated heterocycles. The zero-order valence-corrected chi connectivity index (χ0v) is 11.8. The van der Waals surface area contributed by atoms with E-state index in [-0.39, 0.29) is 0 Å². The van der Waals surface area contributed by atoms with E-state index in [2.05, 4.69) is 15.9 Å². The molecule has 0 aliphatic rings. The summed E-state index contributed by atoms with van der Waals surface area (Å²) in [5.41, 5.74) is 8.96. The van der Waals surface area contributed by atoms with E-state index in [1.807, 2.05) is 55.5 Å². The molecule has 2 unspecified atom stereocenters. The summed E-state index contributed by atoms with van der Waals surface area (Å²) < 4.78 is 1.03. The maximum atomic E-state index is 10.3. The Morgan fingerprint density at radius 1 is 1.06 bits per heavy atom. The van der Waals surface area contributed by atoms with Crippen LogP contribution in [0.2, 0.25) is 0 Å². The molecule has 18 heavy (non-hydrogen) atoms. The number of rotatable bonds is 3. The molecular formula is C15H16BrNO. The van der Waals surface area contributed by atoms with E-state index in [0.29, 0.717) is 0 Å². The van der Waals surface area contributed by atoms with E-state index in [1.54, 1.807) is 0 Å². The predicted octanol–water partition coefficient (Wildman–Crippen LogP) is 3.49. The van der Waals surface area contributed by atoms with Crippen molar-refractivity contribution in [3.05, 3.63) is 69.7 Å². The topological polar surface area (TPSA) is 46.2 Å². The van der Waals surface area contributed by atoms with Crippen LogP contribution in [0.25, 0.3) is 0 Å². The van der Waals surface area contributed by atoms with E-state index in [4.69, 9.17) is 5.73 Å². The normalized spacial score (nSPS) is 14.2. The first-order chi connectivity index (χ1) is 8.59. The third-order valence-electron chi connectivity index (χ3n) is 3.05. The van der Waals surface area contributed by atoms with Gasteiger partial charge in [0, 0.05) is 4.47 Å². The van der Waals surface area contributed by atoms with Crippen LogP contribution in [0.4, 0.5) is 0 Å². The minimum Gasteiger partial charge on any atom is -0.386 e. The standard InChI is InChI=1S/C15H16BrNO/c1-10-9-12(7-8-13(10)16)15(18)14(17)11-5-3-2-4-6-11/h2-9,14-15,18H,17H2,1H3. The molecular weight excluding hydrogens is 290 g/mol. The molecule has 2 rings (SSSR count). The first kappa shape index (κ1) is 13.3. The fraction of sp³-hybridized carbons (Fsp3) is 0.200. The number of aliphatic hydroxyl groups excluding tert-OH is 1. The number of halogens is 1. The summed E-state index contributed by atoms with van der Waals surface area (Å²) in [6.07, 6.45) is -0.695. The molecule has 0 aliphatic carbocycles. The van der Waals surface area contributed by atoms with Crippen LogP contribution < -0.4 is 5.73 Å². The molecule has 3 heteroatoms. The number of hydrogen-bond donors (Lipinski definition) is 2. The van der Waals surface area contributed by atoms with E-state index in [9.17, 15) is 5.11 Å². The lowest BCUT2D eigenvalue weighted by molar-refractivity contribution is 0.147. The zero-order chi connectivity index (χ0) is 13.1. The van der Waals surface area contributed by atoms with Crippen molar-refractivity contribution in [2.24, 2.45) is 5.73 Å². The smallest absolute Gasteiger partial charge is 0.0982 e. The lowest BCUT2D eigenvalue weighted by Crippen LogP contribution is -2.19. The van der Waals surface area contributed by atoms with E-state index in [1.165, 1.54) is 0 Å². The van der Waals surface area contributed by atoms with Gasteiger partial charge in [0.2, 0.25) is 0 Å². The SMILES string of the molecule is Cc1cc(C(O)C(N)c2ccccc2)ccc1Br. The quantitative estimate of drug-likeness (QED) is 0.912. The average molecular weight is 306 g/mol. The van der Waals surface area contributed by atoms with E-state index >= 15 is 0 Å². The van der Waals surface area contributed by atoms with Crippen molar-refractivity contribution in [1.29, 1.82) is 0 Å². The first-order valence-electron chi connectivity index (χ1n) is 5.84. The molecule has 2 atom stereocenters. The molecule has 0 amide bonds. The number of benzene rings is 2. The molecule has 2 nitrogen and oxygen atoms in total. The summed E-state index contributed by atoms with van der Waals surface area (Å²) in [5, 5.41) is 10.3. The highest BCUT2D eigenvalue weighted by Crippen LogP contribution is 2.28. The van der Waals surface area contributed by atoms with Crippen LogP contribution in [0.1, 0.15) is 28.8 Å². The molecule has 0 heterocycles. The molecule has 3 N–H and O–H groups in total. The van der Waals surface area contributed by atoms with Crippen LogP contribution in [0.15, 0.2) is 53.0 Å². The van der Waals surface area contributed by atoms with E-state index in [0.717, 1.165) is 21.2 Å². The van der Waals surface area contributed by atoms with Crippen molar-refractivity contribution in [2.45, 2.75) is 19.1 Å². The lowest BCUT2D eigenvalue weighted by Gasteiger charge is -2.20. The molecule has 0 radical (unpaired) electrons. The van der Waals surface area contributed by atoms with Gasteiger partial charge < -0.3 is 10.8 Å². The zero-order valence-electron chi connectivity index (χ0n) is 10.2. The number of nitrogens with two attached hydrogens (primary N) is 1. The molecule has 2 aromatic rings. The molecule has 0 bridgehead atoms. The Hall–Kier alpha value is -1.16. The maximum absolute atomic E-state index is 10.3. The van der Waals surface area contributed by atoms with Crippen LogP contribution in [-0.4, -0.2) is 5.11 Å². The maximum Gasteiger partial charge on any atom is 0.0982 e. The van der Waals surface area contributed by atoms with Gasteiger partial charge in [0.15, 0.2) is 0 Å².